The highest BCUT2D eigenvalue weighted by Gasteiger charge is 1.35. The van der Waals surface area contributed by atoms with Crippen LogP contribution in [0.1, 0.15) is 20.3 Å². The second-order valence-corrected chi connectivity index (χ2v) is 0.707. The van der Waals surface area contributed by atoms with Crippen molar-refractivity contribution in [2.24, 2.45) is 5.90 Å². The molecule has 0 saturated heterocycles. The summed E-state index contributed by atoms with van der Waals surface area (Å²) in [6.07, 6.45) is 1.25. The van der Waals surface area contributed by atoms with Gasteiger partial charge in [-0.25, -0.2) is 5.90 Å². The predicted molar refractivity (Wildman–Crippen MR) is 21.9 cm³/mol. The fraction of sp³-hybridized carbons (Fsp3) is 1.00. The molecular weight excluding hydrogens is 66.0 g/mol. The van der Waals surface area contributed by atoms with Gasteiger partial charge in [0.25, 0.3) is 0 Å². The van der Waals surface area contributed by atoms with Gasteiger partial charge in [-0.15, -0.1) is 0 Å². The summed E-state index contributed by atoms with van der Waals surface area (Å²) < 4.78 is 0. The zero-order chi connectivity index (χ0) is 4.71. The van der Waals surface area contributed by atoms with Gasteiger partial charge in [-0.3, -0.25) is 0 Å². The van der Waals surface area contributed by atoms with Crippen molar-refractivity contribution < 1.29 is 5.21 Å². The van der Waals surface area contributed by atoms with Crippen molar-refractivity contribution in [3.05, 3.63) is 0 Å². The van der Waals surface area contributed by atoms with Crippen molar-refractivity contribution >= 4 is 0 Å². The summed E-state index contributed by atoms with van der Waals surface area (Å²) in [6, 6.07) is 0. The van der Waals surface area contributed by atoms with Crippen LogP contribution in [0, 0.1) is 0 Å². The fourth-order valence-corrected chi connectivity index (χ4v) is 0. The molecule has 0 aliphatic carbocycles. The lowest BCUT2D eigenvalue weighted by atomic mass is 10.6. The van der Waals surface area contributed by atoms with Crippen LogP contribution in [0.4, 0.5) is 0 Å². The van der Waals surface area contributed by atoms with E-state index in [1.807, 2.05) is 0 Å². The molecule has 3 N–H and O–H groups in total. The van der Waals surface area contributed by atoms with E-state index in [2.05, 4.69) is 19.7 Å². The maximum atomic E-state index is 6.50. The van der Waals surface area contributed by atoms with Gasteiger partial charge in [-0.2, -0.15) is 0 Å². The first-order valence-electron chi connectivity index (χ1n) is 1.67. The van der Waals surface area contributed by atoms with E-state index in [0.29, 0.717) is 0 Å². The van der Waals surface area contributed by atoms with Crippen molar-refractivity contribution in [1.29, 1.82) is 0 Å². The molecule has 0 spiro atoms. The number of hydrogen-bond donors (Lipinski definition) is 2. The quantitative estimate of drug-likeness (QED) is 0.419. The summed E-state index contributed by atoms with van der Waals surface area (Å²) in [5.41, 5.74) is 0. The van der Waals surface area contributed by atoms with Gasteiger partial charge in [-0.05, 0) is 0 Å². The molecule has 0 aliphatic rings. The lowest BCUT2D eigenvalue weighted by molar-refractivity contribution is 0.311. The summed E-state index contributed by atoms with van der Waals surface area (Å²) in [5.74, 6) is 3.50. The van der Waals surface area contributed by atoms with Crippen LogP contribution >= 0.6 is 0 Å². The van der Waals surface area contributed by atoms with E-state index in [4.69, 9.17) is 5.21 Å². The normalized spacial score (nSPS) is 4.80. The molecule has 0 aromatic rings. The van der Waals surface area contributed by atoms with Crippen molar-refractivity contribution in [1.82, 2.24) is 0 Å². The highest BCUT2D eigenvalue weighted by molar-refractivity contribution is 3.92. The molecule has 0 amide bonds. The summed E-state index contributed by atoms with van der Waals surface area (Å²) in [7, 11) is 0. The van der Waals surface area contributed by atoms with Gasteiger partial charge in [0.2, 0.25) is 0 Å². The van der Waals surface area contributed by atoms with Crippen LogP contribution in [-0.4, -0.2) is 5.21 Å². The minimum atomic E-state index is 1.25. The third kappa shape index (κ3) is 2260. The second kappa shape index (κ2) is 39.5. The molecule has 0 aromatic carbocycles. The van der Waals surface area contributed by atoms with Gasteiger partial charge in [0, 0.05) is 0 Å². The molecular formula is C3H11NO. The number of rotatable bonds is 0. The Morgan fingerprint density at radius 2 is 1.40 bits per heavy atom. The minimum Gasteiger partial charge on any atom is -0.320 e. The summed E-state index contributed by atoms with van der Waals surface area (Å²) >= 11 is 0. The molecule has 0 saturated carbocycles. The maximum absolute atomic E-state index is 6.50. The van der Waals surface area contributed by atoms with E-state index in [9.17, 15) is 0 Å². The Balaban J connectivity index is 0. The molecule has 0 fully saturated rings. The van der Waals surface area contributed by atoms with Crippen LogP contribution in [0.5, 0.6) is 0 Å². The molecule has 2 heteroatoms. The molecule has 0 aromatic heterocycles. The van der Waals surface area contributed by atoms with Crippen molar-refractivity contribution in [3.8, 4) is 0 Å². The highest BCUT2D eigenvalue weighted by atomic mass is 16.4. The second-order valence-electron chi connectivity index (χ2n) is 0.707. The van der Waals surface area contributed by atoms with Gasteiger partial charge in [0.1, 0.15) is 0 Å². The Morgan fingerprint density at radius 1 is 1.40 bits per heavy atom. The van der Waals surface area contributed by atoms with Crippen LogP contribution < -0.4 is 5.90 Å². The van der Waals surface area contributed by atoms with Gasteiger partial charge < -0.3 is 5.21 Å². The molecule has 2 nitrogen and oxygen atoms in total. The van der Waals surface area contributed by atoms with Gasteiger partial charge >= 0.3 is 0 Å². The lowest BCUT2D eigenvalue weighted by Gasteiger charge is -1.48. The third-order valence-electron chi connectivity index (χ3n) is 0. The fourth-order valence-electron chi connectivity index (χ4n) is 0. The molecule has 0 bridgehead atoms. The Morgan fingerprint density at radius 3 is 1.40 bits per heavy atom. The van der Waals surface area contributed by atoms with E-state index < -0.39 is 0 Å². The van der Waals surface area contributed by atoms with E-state index in [1.165, 1.54) is 6.42 Å². The van der Waals surface area contributed by atoms with Crippen LogP contribution in [0.2, 0.25) is 0 Å². The van der Waals surface area contributed by atoms with E-state index in [-0.39, 0.29) is 0 Å². The summed E-state index contributed by atoms with van der Waals surface area (Å²) in [4.78, 5) is 0. The molecule has 0 aliphatic heterocycles. The van der Waals surface area contributed by atoms with E-state index in [0.717, 1.165) is 0 Å². The lowest BCUT2D eigenvalue weighted by Crippen LogP contribution is -1.72. The Labute approximate surface area is 32.6 Å². The Bertz CT molecular complexity index is 6.85. The SMILES string of the molecule is CCC.NO. The Hall–Kier alpha value is -0.0800. The number of hydrogen-bond acceptors (Lipinski definition) is 2. The first-order valence-corrected chi connectivity index (χ1v) is 1.67. The predicted octanol–water partition coefficient (Wildman–Crippen LogP) is 0.751. The third-order valence-corrected chi connectivity index (χ3v) is 0. The van der Waals surface area contributed by atoms with Crippen LogP contribution in [0.25, 0.3) is 0 Å². The van der Waals surface area contributed by atoms with Crippen LogP contribution in [0.15, 0.2) is 0 Å². The first-order chi connectivity index (χ1) is 2.41. The molecule has 34 valence electrons. The summed E-state index contributed by atoms with van der Waals surface area (Å²) in [6.45, 7) is 4.25. The van der Waals surface area contributed by atoms with Crippen molar-refractivity contribution in [2.75, 3.05) is 0 Å². The van der Waals surface area contributed by atoms with Gasteiger partial charge in [0.05, 0.1) is 0 Å². The molecule has 0 rings (SSSR count). The largest absolute Gasteiger partial charge is 0.320 e. The average Bonchev–Trinajstić information content (AvgIpc) is 1.46. The van der Waals surface area contributed by atoms with E-state index in [1.54, 1.807) is 0 Å². The zero-order valence-corrected chi connectivity index (χ0v) is 3.73. The monoisotopic (exact) mass is 77.1 g/mol. The topological polar surface area (TPSA) is 46.2 Å². The molecule has 0 unspecified atom stereocenters. The molecule has 0 atom stereocenters. The van der Waals surface area contributed by atoms with Crippen LogP contribution in [0.3, 0.4) is 0 Å². The van der Waals surface area contributed by atoms with Crippen molar-refractivity contribution in [2.45, 2.75) is 20.3 Å². The Kier molecular flexibility index (Phi) is 70.0. The molecule has 0 radical (unpaired) electrons. The van der Waals surface area contributed by atoms with Gasteiger partial charge in [-0.1, -0.05) is 20.3 Å². The van der Waals surface area contributed by atoms with Crippen LogP contribution in [-0.2, 0) is 0 Å². The standard InChI is InChI=1S/C3H8.H3NO/c1-3-2;1-2/h3H2,1-2H3;2H,1H2. The summed E-state index contributed by atoms with van der Waals surface area (Å²) in [5, 5.41) is 6.50. The highest BCUT2D eigenvalue weighted by Crippen LogP contribution is 1.56. The van der Waals surface area contributed by atoms with E-state index >= 15 is 0 Å². The van der Waals surface area contributed by atoms with Gasteiger partial charge in [0.15, 0.2) is 0 Å². The van der Waals surface area contributed by atoms with Crippen molar-refractivity contribution in [3.63, 3.8) is 0 Å². The maximum Gasteiger partial charge on any atom is -0.0590 e. The molecule has 0 heterocycles. The zero-order valence-electron chi connectivity index (χ0n) is 3.73. The number of nitrogens with two attached hydrogens (primary N) is 1. The molecule has 5 heavy (non-hydrogen) atoms. The first kappa shape index (κ1) is 8.87. The average molecular weight is 77.1 g/mol. The minimum absolute atomic E-state index is 1.25. The smallest absolute Gasteiger partial charge is 0.0590 e.